The van der Waals surface area contributed by atoms with Gasteiger partial charge in [0, 0.05) is 7.05 Å². The number of carbonyl (C=O) groups excluding carboxylic acids is 1. The van der Waals surface area contributed by atoms with Crippen molar-refractivity contribution in [1.29, 1.82) is 0 Å². The fraction of sp³-hybridized carbons (Fsp3) is 0.250. The normalized spacial score (nSPS) is 10.5. The Labute approximate surface area is 153 Å². The maximum Gasteiger partial charge on any atom is 0.275 e. The van der Waals surface area contributed by atoms with Crippen molar-refractivity contribution in [3.05, 3.63) is 77.6 Å². The molecular formula is C20H22N4O2. The number of nitrogens with zero attached hydrogens (tertiary/aromatic N) is 4. The zero-order valence-electron chi connectivity index (χ0n) is 15.0. The smallest absolute Gasteiger partial charge is 0.275 e. The highest BCUT2D eigenvalue weighted by Gasteiger charge is 2.15. The Morgan fingerprint density at radius 1 is 1.12 bits per heavy atom. The molecule has 0 spiro atoms. The minimum Gasteiger partial charge on any atom is -0.492 e. The van der Waals surface area contributed by atoms with Gasteiger partial charge in [-0.15, -0.1) is 5.10 Å². The second kappa shape index (κ2) is 8.29. The van der Waals surface area contributed by atoms with E-state index in [9.17, 15) is 4.79 Å². The molecule has 0 aliphatic rings. The van der Waals surface area contributed by atoms with Crippen molar-refractivity contribution in [2.45, 2.75) is 13.5 Å². The van der Waals surface area contributed by atoms with E-state index in [1.165, 1.54) is 5.56 Å². The van der Waals surface area contributed by atoms with Gasteiger partial charge in [-0.2, -0.15) is 0 Å². The molecular weight excluding hydrogens is 328 g/mol. The first-order valence-electron chi connectivity index (χ1n) is 8.51. The molecule has 1 heterocycles. The number of aromatic nitrogens is 3. The van der Waals surface area contributed by atoms with Crippen LogP contribution in [0.25, 0.3) is 0 Å². The molecule has 3 aromatic rings. The highest BCUT2D eigenvalue weighted by Crippen LogP contribution is 2.11. The molecule has 134 valence electrons. The molecule has 1 aromatic heterocycles. The number of carbonyl (C=O) groups is 1. The van der Waals surface area contributed by atoms with Crippen molar-refractivity contribution in [2.24, 2.45) is 0 Å². The molecule has 2 aromatic carbocycles. The minimum absolute atomic E-state index is 0.170. The van der Waals surface area contributed by atoms with Gasteiger partial charge in [0.25, 0.3) is 5.91 Å². The molecule has 0 unspecified atom stereocenters. The summed E-state index contributed by atoms with van der Waals surface area (Å²) in [6.07, 6.45) is 1.67. The number of amides is 1. The maximum atomic E-state index is 12.5. The lowest BCUT2D eigenvalue weighted by molar-refractivity contribution is 0.0768. The third kappa shape index (κ3) is 4.69. The molecule has 0 bridgehead atoms. The van der Waals surface area contributed by atoms with Gasteiger partial charge in [0.1, 0.15) is 12.4 Å². The summed E-state index contributed by atoms with van der Waals surface area (Å²) < 4.78 is 7.33. The summed E-state index contributed by atoms with van der Waals surface area (Å²) in [6, 6.07) is 17.8. The highest BCUT2D eigenvalue weighted by atomic mass is 16.5. The average Bonchev–Trinajstić information content (AvgIpc) is 3.12. The van der Waals surface area contributed by atoms with E-state index in [4.69, 9.17) is 4.74 Å². The first kappa shape index (κ1) is 17.7. The van der Waals surface area contributed by atoms with Gasteiger partial charge in [-0.1, -0.05) is 53.2 Å². The number of hydrogen-bond acceptors (Lipinski definition) is 4. The molecule has 0 saturated heterocycles. The first-order chi connectivity index (χ1) is 12.6. The Hall–Kier alpha value is -3.15. The van der Waals surface area contributed by atoms with E-state index >= 15 is 0 Å². The summed E-state index contributed by atoms with van der Waals surface area (Å²) in [5, 5.41) is 8.03. The van der Waals surface area contributed by atoms with Crippen molar-refractivity contribution >= 4 is 5.91 Å². The van der Waals surface area contributed by atoms with Crippen LogP contribution in [0.1, 0.15) is 21.6 Å². The second-order valence-electron chi connectivity index (χ2n) is 6.18. The zero-order chi connectivity index (χ0) is 18.4. The van der Waals surface area contributed by atoms with E-state index in [0.29, 0.717) is 25.4 Å². The van der Waals surface area contributed by atoms with Crippen molar-refractivity contribution in [3.63, 3.8) is 0 Å². The van der Waals surface area contributed by atoms with Crippen LogP contribution in [0.2, 0.25) is 0 Å². The fourth-order valence-corrected chi connectivity index (χ4v) is 2.48. The molecule has 26 heavy (non-hydrogen) atoms. The molecule has 0 aliphatic carbocycles. The summed E-state index contributed by atoms with van der Waals surface area (Å²) in [4.78, 5) is 14.0. The topological polar surface area (TPSA) is 60.2 Å². The third-order valence-electron chi connectivity index (χ3n) is 4.01. The van der Waals surface area contributed by atoms with Crippen LogP contribution in [0.4, 0.5) is 0 Å². The van der Waals surface area contributed by atoms with Gasteiger partial charge in [-0.3, -0.25) is 4.79 Å². The fourth-order valence-electron chi connectivity index (χ4n) is 2.48. The van der Waals surface area contributed by atoms with Crippen LogP contribution < -0.4 is 4.74 Å². The lowest BCUT2D eigenvalue weighted by Crippen LogP contribution is -2.31. The van der Waals surface area contributed by atoms with E-state index in [1.54, 1.807) is 22.8 Å². The largest absolute Gasteiger partial charge is 0.492 e. The summed E-state index contributed by atoms with van der Waals surface area (Å²) in [7, 11) is 1.73. The summed E-state index contributed by atoms with van der Waals surface area (Å²) in [5.41, 5.74) is 2.62. The molecule has 0 N–H and O–H groups in total. The van der Waals surface area contributed by atoms with Gasteiger partial charge in [0.05, 0.1) is 19.3 Å². The zero-order valence-corrected chi connectivity index (χ0v) is 15.0. The lowest BCUT2D eigenvalue weighted by Gasteiger charge is -2.16. The van der Waals surface area contributed by atoms with E-state index in [0.717, 1.165) is 11.3 Å². The van der Waals surface area contributed by atoms with Crippen LogP contribution in [0, 0.1) is 6.92 Å². The van der Waals surface area contributed by atoms with Gasteiger partial charge in [-0.25, -0.2) is 4.68 Å². The van der Waals surface area contributed by atoms with Crippen molar-refractivity contribution in [2.75, 3.05) is 20.2 Å². The average molecular weight is 350 g/mol. The Balaban J connectivity index is 1.51. The SMILES string of the molecule is Cc1ccc(OCCN(C)C(=O)c2cn(Cc3ccccc3)nn2)cc1. The van der Waals surface area contributed by atoms with E-state index in [1.807, 2.05) is 61.5 Å². The van der Waals surface area contributed by atoms with Crippen molar-refractivity contribution < 1.29 is 9.53 Å². The van der Waals surface area contributed by atoms with Crippen LogP contribution in [-0.2, 0) is 6.54 Å². The number of ether oxygens (including phenoxy) is 1. The predicted molar refractivity (Wildman–Crippen MR) is 99.2 cm³/mol. The standard InChI is InChI=1S/C20H22N4O2/c1-16-8-10-18(11-9-16)26-13-12-23(2)20(25)19-15-24(22-21-19)14-17-6-4-3-5-7-17/h3-11,15H,12-14H2,1-2H3. The number of aryl methyl sites for hydroxylation is 1. The molecule has 0 aliphatic heterocycles. The van der Waals surface area contributed by atoms with E-state index in [2.05, 4.69) is 10.3 Å². The molecule has 0 radical (unpaired) electrons. The molecule has 1 amide bonds. The number of hydrogen-bond donors (Lipinski definition) is 0. The monoisotopic (exact) mass is 350 g/mol. The van der Waals surface area contributed by atoms with Gasteiger partial charge in [0.15, 0.2) is 5.69 Å². The Morgan fingerprint density at radius 2 is 1.85 bits per heavy atom. The summed E-state index contributed by atoms with van der Waals surface area (Å²) in [5.74, 6) is 0.627. The van der Waals surface area contributed by atoms with Gasteiger partial charge in [-0.05, 0) is 24.6 Å². The Kier molecular flexibility index (Phi) is 5.63. The molecule has 0 atom stereocenters. The summed E-state index contributed by atoms with van der Waals surface area (Å²) in [6.45, 7) is 3.50. The molecule has 6 nitrogen and oxygen atoms in total. The Morgan fingerprint density at radius 3 is 2.58 bits per heavy atom. The molecule has 3 rings (SSSR count). The first-order valence-corrected chi connectivity index (χ1v) is 8.51. The van der Waals surface area contributed by atoms with Crippen LogP contribution in [-0.4, -0.2) is 46.0 Å². The van der Waals surface area contributed by atoms with Gasteiger partial charge >= 0.3 is 0 Å². The van der Waals surface area contributed by atoms with Crippen LogP contribution in [0.3, 0.4) is 0 Å². The molecule has 0 saturated carbocycles. The number of likely N-dealkylation sites (N-methyl/N-ethyl adjacent to an activating group) is 1. The summed E-state index contributed by atoms with van der Waals surface area (Å²) >= 11 is 0. The van der Waals surface area contributed by atoms with Gasteiger partial charge < -0.3 is 9.64 Å². The maximum absolute atomic E-state index is 12.5. The third-order valence-corrected chi connectivity index (χ3v) is 4.01. The van der Waals surface area contributed by atoms with Crippen molar-refractivity contribution in [1.82, 2.24) is 19.9 Å². The van der Waals surface area contributed by atoms with Crippen molar-refractivity contribution in [3.8, 4) is 5.75 Å². The van der Waals surface area contributed by atoms with Gasteiger partial charge in [0.2, 0.25) is 0 Å². The van der Waals surface area contributed by atoms with Crippen LogP contribution in [0.15, 0.2) is 60.8 Å². The highest BCUT2D eigenvalue weighted by molar-refractivity contribution is 5.91. The Bertz CT molecular complexity index is 844. The quantitative estimate of drug-likeness (QED) is 0.657. The van der Waals surface area contributed by atoms with E-state index < -0.39 is 0 Å². The molecule has 0 fully saturated rings. The van der Waals surface area contributed by atoms with E-state index in [-0.39, 0.29) is 5.91 Å². The number of rotatable bonds is 7. The lowest BCUT2D eigenvalue weighted by atomic mass is 10.2. The van der Waals surface area contributed by atoms with Crippen LogP contribution in [0.5, 0.6) is 5.75 Å². The predicted octanol–water partition coefficient (Wildman–Crippen LogP) is 2.79. The second-order valence-corrected chi connectivity index (χ2v) is 6.18. The number of benzene rings is 2. The van der Waals surface area contributed by atoms with Crippen LogP contribution >= 0.6 is 0 Å². The minimum atomic E-state index is -0.170. The molecule has 6 heteroatoms.